The molecule has 0 unspecified atom stereocenters. The molecule has 312 valence electrons. The molecule has 4 amide bonds. The zero-order valence-corrected chi connectivity index (χ0v) is 36.2. The number of phenols is 1. The van der Waals surface area contributed by atoms with Crippen molar-refractivity contribution >= 4 is 101 Å². The highest BCUT2D eigenvalue weighted by atomic mass is 79.9. The van der Waals surface area contributed by atoms with E-state index < -0.39 is 79.9 Å². The number of allylic oxidation sites excluding steroid dienone is 2. The number of aryl methyl sites for hydroxylation is 2. The van der Waals surface area contributed by atoms with Crippen molar-refractivity contribution in [1.29, 1.82) is 0 Å². The van der Waals surface area contributed by atoms with Gasteiger partial charge in [0.1, 0.15) is 17.3 Å². The number of fused-ring (bicyclic) bond motifs is 5. The van der Waals surface area contributed by atoms with Gasteiger partial charge in [-0.2, -0.15) is 5.10 Å². The molecule has 1 N–H and O–H groups in total. The Morgan fingerprint density at radius 1 is 0.951 bits per heavy atom. The lowest BCUT2D eigenvalue weighted by atomic mass is 9.51. The highest BCUT2D eigenvalue weighted by molar-refractivity contribution is 9.10. The molecule has 4 aliphatic rings. The quantitative estimate of drug-likeness (QED) is 0.0716. The number of anilines is 3. The number of nitro groups is 2. The van der Waals surface area contributed by atoms with Gasteiger partial charge in [0, 0.05) is 65.0 Å². The average molecular weight is 929 g/mol. The van der Waals surface area contributed by atoms with E-state index in [0.29, 0.717) is 26.3 Å². The normalized spacial score (nSPS) is 24.6. The molecule has 2 saturated heterocycles. The summed E-state index contributed by atoms with van der Waals surface area (Å²) in [5.74, 6) is -7.29. The first-order valence-electron chi connectivity index (χ1n) is 19.2. The first-order chi connectivity index (χ1) is 28.8. The molecule has 61 heavy (non-hydrogen) atoms. The van der Waals surface area contributed by atoms with E-state index in [-0.39, 0.29) is 35.8 Å². The van der Waals surface area contributed by atoms with Crippen molar-refractivity contribution in [3.05, 3.63) is 107 Å². The number of hydrogen-bond donors (Lipinski definition) is 1. The lowest BCUT2D eigenvalue weighted by Crippen LogP contribution is -2.49. The van der Waals surface area contributed by atoms with Crippen LogP contribution >= 0.6 is 38.9 Å². The van der Waals surface area contributed by atoms with Crippen molar-refractivity contribution in [3.63, 3.8) is 0 Å². The standard InChI is InChI=1S/C42H35BrClN7O9S/c1-18-24-13-20(44)7-11-32(24)61-37(18)28-17-33(47(5)45-28)49-39(54)27-16-25-22(35(42(27,2)41(49)56)26-12-19(43)6-10-31(26)52)8-9-23-34(25)40(55)48(38(23)53)21-14-29(50(57)58)36(46(3)4)30(15-21)51(59)60/h6-8,10-15,17,23,25,27,34-35,52H,9,16H2,1-5H3/t23-,25+,27-,34-,35+,42+/m0/s1. The van der Waals surface area contributed by atoms with Crippen molar-refractivity contribution in [3.8, 4) is 16.3 Å². The van der Waals surface area contributed by atoms with Gasteiger partial charge < -0.3 is 10.0 Å². The fraction of sp³-hybridized carbons (Fsp3) is 0.310. The number of benzene rings is 3. The average Bonchev–Trinajstić information content (AvgIpc) is 3.88. The topological polar surface area (TPSA) is 202 Å². The van der Waals surface area contributed by atoms with Gasteiger partial charge in [-0.25, -0.2) is 9.80 Å². The summed E-state index contributed by atoms with van der Waals surface area (Å²) in [5.41, 5.74) is -1.04. The van der Waals surface area contributed by atoms with Crippen molar-refractivity contribution in [1.82, 2.24) is 9.78 Å². The van der Waals surface area contributed by atoms with Gasteiger partial charge in [0.15, 0.2) is 5.69 Å². The first kappa shape index (κ1) is 40.4. The van der Waals surface area contributed by atoms with Crippen molar-refractivity contribution in [2.24, 2.45) is 36.1 Å². The maximum Gasteiger partial charge on any atom is 0.301 e. The Morgan fingerprint density at radius 3 is 2.30 bits per heavy atom. The van der Waals surface area contributed by atoms with Crippen LogP contribution in [0.5, 0.6) is 5.75 Å². The van der Waals surface area contributed by atoms with E-state index >= 15 is 4.79 Å². The Labute approximate surface area is 364 Å². The predicted molar refractivity (Wildman–Crippen MR) is 231 cm³/mol. The van der Waals surface area contributed by atoms with Crippen LogP contribution in [-0.2, 0) is 26.2 Å². The van der Waals surface area contributed by atoms with E-state index in [9.17, 15) is 39.7 Å². The van der Waals surface area contributed by atoms with Crippen LogP contribution in [0.25, 0.3) is 20.7 Å². The van der Waals surface area contributed by atoms with E-state index in [0.717, 1.165) is 42.5 Å². The Morgan fingerprint density at radius 2 is 1.64 bits per heavy atom. The number of rotatable bonds is 7. The molecule has 9 rings (SSSR count). The van der Waals surface area contributed by atoms with Gasteiger partial charge in [-0.05, 0) is 80.0 Å². The molecule has 0 spiro atoms. The van der Waals surface area contributed by atoms with Crippen LogP contribution < -0.4 is 14.7 Å². The molecule has 5 aromatic rings. The van der Waals surface area contributed by atoms with Gasteiger partial charge in [0.25, 0.3) is 0 Å². The van der Waals surface area contributed by atoms with Gasteiger partial charge in [-0.15, -0.1) is 11.3 Å². The highest BCUT2D eigenvalue weighted by Crippen LogP contribution is 2.65. The Kier molecular flexibility index (Phi) is 9.30. The molecule has 2 aromatic heterocycles. The second-order valence-corrected chi connectivity index (χ2v) is 18.7. The number of nitrogens with zero attached hydrogens (tertiary/aromatic N) is 7. The Bertz CT molecular complexity index is 2860. The molecule has 3 fully saturated rings. The van der Waals surface area contributed by atoms with E-state index in [4.69, 9.17) is 16.7 Å². The summed E-state index contributed by atoms with van der Waals surface area (Å²) in [4.78, 5) is 86.0. The number of aromatic nitrogens is 2. The summed E-state index contributed by atoms with van der Waals surface area (Å²) in [5, 5.41) is 42.2. The number of amides is 4. The van der Waals surface area contributed by atoms with Gasteiger partial charge in [-0.3, -0.25) is 44.1 Å². The number of imide groups is 2. The number of thiophene rings is 1. The van der Waals surface area contributed by atoms with E-state index in [1.807, 2.05) is 19.1 Å². The molecule has 2 aliphatic carbocycles. The summed E-state index contributed by atoms with van der Waals surface area (Å²) in [7, 11) is 4.46. The molecule has 16 nitrogen and oxygen atoms in total. The minimum Gasteiger partial charge on any atom is -0.508 e. The molecule has 0 bridgehead atoms. The van der Waals surface area contributed by atoms with E-state index in [2.05, 4.69) is 15.9 Å². The van der Waals surface area contributed by atoms with Crippen LogP contribution in [0.2, 0.25) is 5.02 Å². The molecule has 0 radical (unpaired) electrons. The molecule has 1 saturated carbocycles. The fourth-order valence-electron chi connectivity index (χ4n) is 10.3. The number of aromatic hydroxyl groups is 1. The van der Waals surface area contributed by atoms with Crippen LogP contribution in [0, 0.1) is 56.2 Å². The van der Waals surface area contributed by atoms with Crippen LogP contribution in [0.15, 0.2) is 70.7 Å². The van der Waals surface area contributed by atoms with Crippen LogP contribution in [0.1, 0.15) is 36.8 Å². The van der Waals surface area contributed by atoms with Crippen LogP contribution in [-0.4, -0.2) is 62.5 Å². The predicted octanol–water partition coefficient (Wildman–Crippen LogP) is 8.05. The number of carbonyl (C=O) groups excluding carboxylic acids is 4. The highest BCUT2D eigenvalue weighted by Gasteiger charge is 2.68. The van der Waals surface area contributed by atoms with Gasteiger partial charge in [0.05, 0.1) is 43.6 Å². The zero-order chi connectivity index (χ0) is 43.7. The largest absolute Gasteiger partial charge is 0.508 e. The van der Waals surface area contributed by atoms with Gasteiger partial charge in [-0.1, -0.05) is 39.2 Å². The van der Waals surface area contributed by atoms with Gasteiger partial charge in [0.2, 0.25) is 23.6 Å². The molecule has 2 aliphatic heterocycles. The number of nitro benzene ring substituents is 2. The maximum atomic E-state index is 15.2. The molecule has 19 heteroatoms. The first-order valence-corrected chi connectivity index (χ1v) is 21.2. The fourth-order valence-corrected chi connectivity index (χ4v) is 12.0. The molecule has 4 heterocycles. The Hall–Kier alpha value is -5.98. The third-order valence-corrected chi connectivity index (χ3v) is 15.0. The summed E-state index contributed by atoms with van der Waals surface area (Å²) < 4.78 is 3.06. The lowest BCUT2D eigenvalue weighted by Gasteiger charge is -2.49. The smallest absolute Gasteiger partial charge is 0.301 e. The number of carbonyl (C=O) groups is 4. The van der Waals surface area contributed by atoms with Crippen molar-refractivity contribution in [2.45, 2.75) is 32.6 Å². The second kappa shape index (κ2) is 14.0. The van der Waals surface area contributed by atoms with Crippen LogP contribution in [0.3, 0.4) is 0 Å². The molecular formula is C42H35BrClN7O9S. The Balaban J connectivity index is 1.15. The zero-order valence-electron chi connectivity index (χ0n) is 33.1. The van der Waals surface area contributed by atoms with E-state index in [1.165, 1.54) is 41.1 Å². The minimum atomic E-state index is -1.49. The van der Waals surface area contributed by atoms with Crippen molar-refractivity contribution in [2.75, 3.05) is 28.8 Å². The molecular weight excluding hydrogens is 894 g/mol. The third-order valence-electron chi connectivity index (χ3n) is 12.9. The summed E-state index contributed by atoms with van der Waals surface area (Å²) in [6.07, 6.45) is 1.80. The number of phenolic OH excluding ortho intramolecular Hbond substituents is 1. The third kappa shape index (κ3) is 5.78. The molecule has 6 atom stereocenters. The van der Waals surface area contributed by atoms with Crippen molar-refractivity contribution < 1.29 is 34.1 Å². The number of hydrogen-bond acceptors (Lipinski definition) is 12. The monoisotopic (exact) mass is 927 g/mol. The summed E-state index contributed by atoms with van der Waals surface area (Å²) >= 11 is 11.3. The molecule has 3 aromatic carbocycles. The summed E-state index contributed by atoms with van der Waals surface area (Å²) in [6.45, 7) is 3.65. The second-order valence-electron chi connectivity index (χ2n) is 16.3. The van der Waals surface area contributed by atoms with E-state index in [1.54, 1.807) is 44.3 Å². The number of halogens is 2. The SMILES string of the molecule is Cc1c(-c2cc(N3C(=O)[C@@H]4C[C@@H]5C(=CC[C@@H]6C(=O)N(c7cc([N+](=O)[O-])c(N(C)C)c([N+](=O)[O-])c7)C(=O)[C@@H]65)[C@H](c5cc(Br)ccc5O)[C@]4(C)C3=O)n(C)n2)sc2ccc(Cl)cc12. The maximum absolute atomic E-state index is 15.2. The van der Waals surface area contributed by atoms with Gasteiger partial charge >= 0.3 is 11.4 Å². The minimum absolute atomic E-state index is 0.0244. The van der Waals surface area contributed by atoms with Crippen LogP contribution in [0.4, 0.5) is 28.6 Å². The summed E-state index contributed by atoms with van der Waals surface area (Å²) in [6, 6.07) is 14.1. The lowest BCUT2D eigenvalue weighted by molar-refractivity contribution is -0.392.